The summed E-state index contributed by atoms with van der Waals surface area (Å²) in [7, 11) is 1.89. The molecule has 0 aliphatic carbocycles. The van der Waals surface area contributed by atoms with Crippen LogP contribution in [0.2, 0.25) is 0 Å². The molecule has 0 unspecified atom stereocenters. The van der Waals surface area contributed by atoms with E-state index in [1.807, 2.05) is 62.5 Å². The van der Waals surface area contributed by atoms with Crippen LogP contribution in [0.5, 0.6) is 5.75 Å². The van der Waals surface area contributed by atoms with E-state index in [2.05, 4.69) is 10.6 Å². The molecule has 0 saturated carbocycles. The summed E-state index contributed by atoms with van der Waals surface area (Å²) in [4.78, 5) is 12.0. The van der Waals surface area contributed by atoms with Crippen LogP contribution in [0.15, 0.2) is 48.5 Å². The van der Waals surface area contributed by atoms with Gasteiger partial charge in [0.15, 0.2) is 0 Å². The van der Waals surface area contributed by atoms with E-state index in [1.165, 1.54) is 0 Å². The van der Waals surface area contributed by atoms with Crippen molar-refractivity contribution >= 4 is 11.6 Å². The van der Waals surface area contributed by atoms with Crippen LogP contribution < -0.4 is 15.4 Å². The number of hydrogen-bond donors (Lipinski definition) is 2. The molecule has 0 spiro atoms. The molecule has 0 atom stereocenters. The molecule has 0 aliphatic heterocycles. The maximum atomic E-state index is 12.0. The number of para-hydroxylation sites is 1. The lowest BCUT2D eigenvalue weighted by Gasteiger charge is -2.13. The molecular formula is C19H24N2O2. The molecule has 23 heavy (non-hydrogen) atoms. The SMILES string of the molecule is CNCCCC(=O)Nc1cccc(COc2ccccc2)c1C. The van der Waals surface area contributed by atoms with E-state index in [4.69, 9.17) is 4.74 Å². The van der Waals surface area contributed by atoms with Gasteiger partial charge in [-0.3, -0.25) is 4.79 Å². The zero-order valence-corrected chi connectivity index (χ0v) is 13.8. The summed E-state index contributed by atoms with van der Waals surface area (Å²) in [5, 5.41) is 6.03. The summed E-state index contributed by atoms with van der Waals surface area (Å²) in [5.74, 6) is 0.887. The third kappa shape index (κ3) is 5.42. The second-order valence-corrected chi connectivity index (χ2v) is 5.45. The first kappa shape index (κ1) is 17.0. The molecule has 0 aromatic heterocycles. The summed E-state index contributed by atoms with van der Waals surface area (Å²) in [6.07, 6.45) is 1.35. The number of carbonyl (C=O) groups excluding carboxylic acids is 1. The van der Waals surface area contributed by atoms with Crippen LogP contribution in [0.4, 0.5) is 5.69 Å². The van der Waals surface area contributed by atoms with E-state index in [-0.39, 0.29) is 5.91 Å². The molecule has 0 aliphatic rings. The lowest BCUT2D eigenvalue weighted by Crippen LogP contribution is -2.16. The number of hydrogen-bond acceptors (Lipinski definition) is 3. The molecule has 0 radical (unpaired) electrons. The Morgan fingerprint density at radius 2 is 1.87 bits per heavy atom. The molecule has 0 saturated heterocycles. The molecule has 4 nitrogen and oxygen atoms in total. The van der Waals surface area contributed by atoms with E-state index in [9.17, 15) is 4.79 Å². The van der Waals surface area contributed by atoms with Gasteiger partial charge in [0.25, 0.3) is 0 Å². The van der Waals surface area contributed by atoms with Crippen LogP contribution >= 0.6 is 0 Å². The van der Waals surface area contributed by atoms with Crippen molar-refractivity contribution < 1.29 is 9.53 Å². The smallest absolute Gasteiger partial charge is 0.224 e. The second kappa shape index (κ2) is 8.96. The second-order valence-electron chi connectivity index (χ2n) is 5.45. The zero-order chi connectivity index (χ0) is 16.5. The van der Waals surface area contributed by atoms with Gasteiger partial charge < -0.3 is 15.4 Å². The average molecular weight is 312 g/mol. The van der Waals surface area contributed by atoms with Gasteiger partial charge in [-0.05, 0) is 56.3 Å². The Morgan fingerprint density at radius 1 is 1.09 bits per heavy atom. The van der Waals surface area contributed by atoms with E-state index < -0.39 is 0 Å². The predicted octanol–water partition coefficient (Wildman–Crippen LogP) is 3.51. The van der Waals surface area contributed by atoms with Gasteiger partial charge in [-0.25, -0.2) is 0 Å². The lowest BCUT2D eigenvalue weighted by molar-refractivity contribution is -0.116. The van der Waals surface area contributed by atoms with Crippen molar-refractivity contribution in [2.75, 3.05) is 18.9 Å². The van der Waals surface area contributed by atoms with Crippen molar-refractivity contribution in [3.63, 3.8) is 0 Å². The maximum absolute atomic E-state index is 12.0. The summed E-state index contributed by atoms with van der Waals surface area (Å²) in [6.45, 7) is 3.34. The number of rotatable bonds is 8. The fourth-order valence-electron chi connectivity index (χ4n) is 2.29. The number of nitrogens with one attached hydrogen (secondary N) is 2. The van der Waals surface area contributed by atoms with E-state index in [0.717, 1.165) is 35.5 Å². The molecule has 0 heterocycles. The zero-order valence-electron chi connectivity index (χ0n) is 13.8. The number of ether oxygens (including phenoxy) is 1. The van der Waals surface area contributed by atoms with Crippen molar-refractivity contribution in [3.8, 4) is 5.75 Å². The van der Waals surface area contributed by atoms with E-state index >= 15 is 0 Å². The van der Waals surface area contributed by atoms with Crippen LogP contribution in [-0.4, -0.2) is 19.5 Å². The molecule has 0 fully saturated rings. The third-order valence-corrected chi connectivity index (χ3v) is 3.69. The van der Waals surface area contributed by atoms with E-state index in [1.54, 1.807) is 0 Å². The van der Waals surface area contributed by atoms with Crippen molar-refractivity contribution in [3.05, 3.63) is 59.7 Å². The van der Waals surface area contributed by atoms with Gasteiger partial charge in [-0.15, -0.1) is 0 Å². The predicted molar refractivity (Wildman–Crippen MR) is 93.7 cm³/mol. The van der Waals surface area contributed by atoms with Crippen LogP contribution in [0.1, 0.15) is 24.0 Å². The summed E-state index contributed by atoms with van der Waals surface area (Å²) >= 11 is 0. The fraction of sp³-hybridized carbons (Fsp3) is 0.316. The van der Waals surface area contributed by atoms with Crippen molar-refractivity contribution in [1.82, 2.24) is 5.32 Å². The summed E-state index contributed by atoms with van der Waals surface area (Å²) in [6, 6.07) is 15.6. The quantitative estimate of drug-likeness (QED) is 0.733. The minimum atomic E-state index is 0.0458. The standard InChI is InChI=1S/C19H24N2O2/c1-15-16(14-23-17-9-4-3-5-10-17)8-6-11-18(15)21-19(22)12-7-13-20-2/h3-6,8-11,20H,7,12-14H2,1-2H3,(H,21,22). The van der Waals surface area contributed by atoms with Crippen LogP contribution in [0, 0.1) is 6.92 Å². The van der Waals surface area contributed by atoms with Crippen LogP contribution in [0.3, 0.4) is 0 Å². The highest BCUT2D eigenvalue weighted by molar-refractivity contribution is 5.91. The van der Waals surface area contributed by atoms with Gasteiger partial charge in [0.2, 0.25) is 5.91 Å². The Hall–Kier alpha value is -2.33. The van der Waals surface area contributed by atoms with Gasteiger partial charge >= 0.3 is 0 Å². The Balaban J connectivity index is 1.96. The highest BCUT2D eigenvalue weighted by atomic mass is 16.5. The summed E-state index contributed by atoms with van der Waals surface area (Å²) in [5.41, 5.74) is 2.97. The molecule has 2 N–H and O–H groups in total. The number of amides is 1. The number of carbonyl (C=O) groups is 1. The van der Waals surface area contributed by atoms with Crippen LogP contribution in [-0.2, 0) is 11.4 Å². The van der Waals surface area contributed by atoms with Gasteiger partial charge in [0.1, 0.15) is 12.4 Å². The number of anilines is 1. The van der Waals surface area contributed by atoms with Crippen molar-refractivity contribution in [1.29, 1.82) is 0 Å². The molecular weight excluding hydrogens is 288 g/mol. The van der Waals surface area contributed by atoms with Gasteiger partial charge in [-0.1, -0.05) is 30.3 Å². The monoisotopic (exact) mass is 312 g/mol. The largest absolute Gasteiger partial charge is 0.489 e. The topological polar surface area (TPSA) is 50.4 Å². The van der Waals surface area contributed by atoms with E-state index in [0.29, 0.717) is 13.0 Å². The Morgan fingerprint density at radius 3 is 2.61 bits per heavy atom. The normalized spacial score (nSPS) is 10.3. The Labute approximate surface area is 137 Å². The van der Waals surface area contributed by atoms with Crippen LogP contribution in [0.25, 0.3) is 0 Å². The first-order valence-corrected chi connectivity index (χ1v) is 7.91. The first-order chi connectivity index (χ1) is 11.2. The van der Waals surface area contributed by atoms with Crippen molar-refractivity contribution in [2.24, 2.45) is 0 Å². The Kier molecular flexibility index (Phi) is 6.63. The van der Waals surface area contributed by atoms with Crippen molar-refractivity contribution in [2.45, 2.75) is 26.4 Å². The first-order valence-electron chi connectivity index (χ1n) is 7.91. The highest BCUT2D eigenvalue weighted by Gasteiger charge is 2.08. The molecule has 2 aromatic carbocycles. The molecule has 2 aromatic rings. The maximum Gasteiger partial charge on any atom is 0.224 e. The van der Waals surface area contributed by atoms with Gasteiger partial charge in [0, 0.05) is 12.1 Å². The molecule has 0 bridgehead atoms. The lowest BCUT2D eigenvalue weighted by atomic mass is 10.1. The highest BCUT2D eigenvalue weighted by Crippen LogP contribution is 2.21. The Bertz CT molecular complexity index is 627. The molecule has 4 heteroatoms. The average Bonchev–Trinajstić information content (AvgIpc) is 2.57. The molecule has 122 valence electrons. The fourth-order valence-corrected chi connectivity index (χ4v) is 2.29. The molecule has 1 amide bonds. The number of benzene rings is 2. The minimum absolute atomic E-state index is 0.0458. The summed E-state index contributed by atoms with van der Waals surface area (Å²) < 4.78 is 5.79. The van der Waals surface area contributed by atoms with Gasteiger partial charge in [-0.2, -0.15) is 0 Å². The minimum Gasteiger partial charge on any atom is -0.489 e. The molecule has 2 rings (SSSR count). The van der Waals surface area contributed by atoms with Gasteiger partial charge in [0.05, 0.1) is 0 Å². The third-order valence-electron chi connectivity index (χ3n) is 3.69.